The van der Waals surface area contributed by atoms with E-state index in [2.05, 4.69) is 21.8 Å². The minimum Gasteiger partial charge on any atom is -0.256 e. The van der Waals surface area contributed by atoms with Gasteiger partial charge in [-0.05, 0) is 51.7 Å². The van der Waals surface area contributed by atoms with Crippen LogP contribution >= 0.6 is 0 Å². The first kappa shape index (κ1) is 19.6. The zero-order valence-corrected chi connectivity index (χ0v) is 17.0. The lowest BCUT2D eigenvalue weighted by atomic mass is 9.90. The number of hydrogen-bond acceptors (Lipinski definition) is 4. The fraction of sp³-hybridized carbons (Fsp3) is 0.455. The Morgan fingerprint density at radius 3 is 2.37 bits per heavy atom. The van der Waals surface area contributed by atoms with Crippen LogP contribution in [0.1, 0.15) is 57.3 Å². The van der Waals surface area contributed by atoms with E-state index in [9.17, 15) is 8.42 Å². The molecule has 1 heterocycles. The van der Waals surface area contributed by atoms with Crippen LogP contribution in [0, 0.1) is 24.7 Å². The third-order valence-corrected chi connectivity index (χ3v) is 7.22. The van der Waals surface area contributed by atoms with Crippen LogP contribution in [0.4, 0.5) is 0 Å². The van der Waals surface area contributed by atoms with E-state index in [4.69, 9.17) is 0 Å². The second-order valence-electron chi connectivity index (χ2n) is 7.41. The van der Waals surface area contributed by atoms with Gasteiger partial charge in [-0.25, -0.2) is 13.4 Å². The minimum atomic E-state index is -3.27. The maximum absolute atomic E-state index is 12.3. The van der Waals surface area contributed by atoms with Crippen LogP contribution < -0.4 is 0 Å². The van der Waals surface area contributed by atoms with Crippen LogP contribution in [0.25, 0.3) is 11.3 Å². The molecule has 0 spiro atoms. The molecule has 0 aliphatic heterocycles. The van der Waals surface area contributed by atoms with Gasteiger partial charge < -0.3 is 0 Å². The summed E-state index contributed by atoms with van der Waals surface area (Å²) in [5, 5.41) is -0.441. The molecule has 1 aromatic heterocycles. The number of nitrogens with zero attached hydrogens (tertiary/aromatic N) is 2. The lowest BCUT2D eigenvalue weighted by Crippen LogP contribution is -2.13. The smallest absolute Gasteiger partial charge is 0.180 e. The maximum Gasteiger partial charge on any atom is 0.180 e. The van der Waals surface area contributed by atoms with Crippen molar-refractivity contribution < 1.29 is 8.42 Å². The van der Waals surface area contributed by atoms with E-state index < -0.39 is 15.1 Å². The van der Waals surface area contributed by atoms with E-state index in [0.717, 1.165) is 11.3 Å². The zero-order valence-electron chi connectivity index (χ0n) is 16.2. The quantitative estimate of drug-likeness (QED) is 0.730. The molecule has 5 heteroatoms. The Hall–Kier alpha value is -2.19. The first-order chi connectivity index (χ1) is 12.9. The van der Waals surface area contributed by atoms with E-state index in [0.29, 0.717) is 22.2 Å². The first-order valence-corrected chi connectivity index (χ1v) is 11.1. The predicted molar refractivity (Wildman–Crippen MR) is 108 cm³/mol. The minimum absolute atomic E-state index is 0.332. The van der Waals surface area contributed by atoms with Gasteiger partial charge in [-0.15, -0.1) is 0 Å². The monoisotopic (exact) mass is 382 g/mol. The molecule has 4 nitrogen and oxygen atoms in total. The molecule has 0 atom stereocenters. The molecular weight excluding hydrogens is 356 g/mol. The van der Waals surface area contributed by atoms with Crippen molar-refractivity contribution in [2.24, 2.45) is 5.92 Å². The van der Waals surface area contributed by atoms with E-state index in [1.807, 2.05) is 6.92 Å². The molecule has 1 aromatic carbocycles. The number of aromatic nitrogens is 2. The fourth-order valence-corrected chi connectivity index (χ4v) is 4.27. The summed E-state index contributed by atoms with van der Waals surface area (Å²) in [5.41, 5.74) is 3.07. The number of hydrogen-bond donors (Lipinski definition) is 0. The third-order valence-electron chi connectivity index (χ3n) is 5.05. The normalized spacial score (nSPS) is 15.4. The molecule has 0 amide bonds. The van der Waals surface area contributed by atoms with Crippen molar-refractivity contribution in [1.29, 1.82) is 0 Å². The highest BCUT2D eigenvalue weighted by molar-refractivity contribution is 7.92. The summed E-state index contributed by atoms with van der Waals surface area (Å²) < 4.78 is 24.5. The number of rotatable bonds is 3. The van der Waals surface area contributed by atoms with Gasteiger partial charge in [0, 0.05) is 11.5 Å². The van der Waals surface area contributed by atoms with Crippen molar-refractivity contribution in [3.63, 3.8) is 0 Å². The summed E-state index contributed by atoms with van der Waals surface area (Å²) in [6.45, 7) is 5.29. The summed E-state index contributed by atoms with van der Waals surface area (Å²) in [4.78, 5) is 9.44. The summed E-state index contributed by atoms with van der Waals surface area (Å²) in [5.74, 6) is 7.05. The van der Waals surface area contributed by atoms with Crippen molar-refractivity contribution in [2.75, 3.05) is 0 Å². The highest BCUT2D eigenvalue weighted by atomic mass is 32.2. The summed E-state index contributed by atoms with van der Waals surface area (Å²) in [7, 11) is -3.27. The van der Waals surface area contributed by atoms with Crippen LogP contribution in [0.5, 0.6) is 0 Å². The molecule has 2 aromatic rings. The molecule has 0 unspecified atom stereocenters. The Balaban J connectivity index is 1.86. The Bertz CT molecular complexity index is 962. The van der Waals surface area contributed by atoms with E-state index in [-0.39, 0.29) is 0 Å². The van der Waals surface area contributed by atoms with Crippen LogP contribution in [0.15, 0.2) is 35.4 Å². The number of benzene rings is 1. The van der Waals surface area contributed by atoms with Gasteiger partial charge in [0.15, 0.2) is 9.84 Å². The van der Waals surface area contributed by atoms with Gasteiger partial charge in [0.25, 0.3) is 0 Å². The SMILES string of the molecule is Cc1ncc(-c2ccc(S(=O)(=O)C(C)C)cc2)nc1C#CC1CCCCC1. The largest absolute Gasteiger partial charge is 0.256 e. The van der Waals surface area contributed by atoms with Crippen molar-refractivity contribution >= 4 is 9.84 Å². The average Bonchev–Trinajstić information content (AvgIpc) is 2.68. The molecule has 0 saturated heterocycles. The fourth-order valence-electron chi connectivity index (χ4n) is 3.21. The third kappa shape index (κ3) is 4.56. The summed E-state index contributed by atoms with van der Waals surface area (Å²) in [6, 6.07) is 6.85. The molecular formula is C22H26N2O2S. The lowest BCUT2D eigenvalue weighted by Gasteiger charge is -2.15. The Morgan fingerprint density at radius 1 is 1.07 bits per heavy atom. The zero-order chi connectivity index (χ0) is 19.4. The van der Waals surface area contributed by atoms with E-state index >= 15 is 0 Å². The highest BCUT2D eigenvalue weighted by Gasteiger charge is 2.19. The van der Waals surface area contributed by atoms with Gasteiger partial charge in [-0.2, -0.15) is 0 Å². The van der Waals surface area contributed by atoms with Crippen LogP contribution in [0.2, 0.25) is 0 Å². The number of aryl methyl sites for hydroxylation is 1. The van der Waals surface area contributed by atoms with Gasteiger partial charge in [0.2, 0.25) is 0 Å². The van der Waals surface area contributed by atoms with E-state index in [1.54, 1.807) is 44.3 Å². The molecule has 27 heavy (non-hydrogen) atoms. The van der Waals surface area contributed by atoms with Gasteiger partial charge in [-0.3, -0.25) is 4.98 Å². The molecule has 0 bridgehead atoms. The standard InChI is InChI=1S/C22H26N2O2S/c1-16(2)27(25,26)20-12-10-19(11-13-20)22-15-23-17(3)21(24-22)14-9-18-7-5-4-6-8-18/h10-13,15-16,18H,4-8H2,1-3H3. The van der Waals surface area contributed by atoms with Gasteiger partial charge in [-0.1, -0.05) is 37.3 Å². The molecule has 1 saturated carbocycles. The van der Waals surface area contributed by atoms with Gasteiger partial charge in [0.05, 0.1) is 27.7 Å². The second kappa shape index (κ2) is 8.22. The molecule has 1 fully saturated rings. The molecule has 0 N–H and O–H groups in total. The maximum atomic E-state index is 12.3. The Labute approximate surface area is 162 Å². The molecule has 0 radical (unpaired) electrons. The van der Waals surface area contributed by atoms with Gasteiger partial charge >= 0.3 is 0 Å². The number of sulfone groups is 1. The lowest BCUT2D eigenvalue weighted by molar-refractivity contribution is 0.430. The van der Waals surface area contributed by atoms with Crippen LogP contribution in [0.3, 0.4) is 0 Å². The topological polar surface area (TPSA) is 59.9 Å². The highest BCUT2D eigenvalue weighted by Crippen LogP contribution is 2.24. The predicted octanol–water partition coefficient (Wildman–Crippen LogP) is 4.57. The molecule has 1 aliphatic carbocycles. The van der Waals surface area contributed by atoms with Crippen molar-refractivity contribution in [3.8, 4) is 23.1 Å². The van der Waals surface area contributed by atoms with Crippen molar-refractivity contribution in [1.82, 2.24) is 9.97 Å². The van der Waals surface area contributed by atoms with Crippen molar-refractivity contribution in [2.45, 2.75) is 63.0 Å². The summed E-state index contributed by atoms with van der Waals surface area (Å²) >= 11 is 0. The summed E-state index contributed by atoms with van der Waals surface area (Å²) in [6.07, 6.45) is 7.89. The Morgan fingerprint density at radius 2 is 1.74 bits per heavy atom. The molecule has 3 rings (SSSR count). The van der Waals surface area contributed by atoms with E-state index in [1.165, 1.54) is 32.1 Å². The second-order valence-corrected chi connectivity index (χ2v) is 9.92. The van der Waals surface area contributed by atoms with Crippen molar-refractivity contribution in [3.05, 3.63) is 41.9 Å². The molecule has 1 aliphatic rings. The van der Waals surface area contributed by atoms with Crippen LogP contribution in [-0.2, 0) is 9.84 Å². The van der Waals surface area contributed by atoms with Gasteiger partial charge in [0.1, 0.15) is 5.69 Å². The molecule has 142 valence electrons. The first-order valence-electron chi connectivity index (χ1n) is 9.57. The van der Waals surface area contributed by atoms with Crippen LogP contribution in [-0.4, -0.2) is 23.6 Å². The Kier molecular flexibility index (Phi) is 5.96. The average molecular weight is 383 g/mol.